The molecule has 0 saturated heterocycles. The maximum absolute atomic E-state index is 13.3. The highest BCUT2D eigenvalue weighted by Crippen LogP contribution is 2.39. The van der Waals surface area contributed by atoms with E-state index >= 15 is 0 Å². The molecule has 0 radical (unpaired) electrons. The van der Waals surface area contributed by atoms with Gasteiger partial charge in [-0.3, -0.25) is 9.36 Å². The van der Waals surface area contributed by atoms with Gasteiger partial charge < -0.3 is 9.47 Å². The molecule has 0 spiro atoms. The number of aromatic nitrogens is 3. The Morgan fingerprint density at radius 2 is 2.00 bits per heavy atom. The zero-order valence-electron chi connectivity index (χ0n) is 17.5. The predicted molar refractivity (Wildman–Crippen MR) is 125 cm³/mol. The highest BCUT2D eigenvalue weighted by Gasteiger charge is 2.20. The summed E-state index contributed by atoms with van der Waals surface area (Å²) in [4.78, 5) is 24.9. The second kappa shape index (κ2) is 8.43. The van der Waals surface area contributed by atoms with Crippen LogP contribution in [0.3, 0.4) is 0 Å². The van der Waals surface area contributed by atoms with E-state index < -0.39 is 0 Å². The van der Waals surface area contributed by atoms with Gasteiger partial charge in [0.2, 0.25) is 0 Å². The third-order valence-electron chi connectivity index (χ3n) is 5.71. The van der Waals surface area contributed by atoms with Gasteiger partial charge in [0.15, 0.2) is 11.5 Å². The summed E-state index contributed by atoms with van der Waals surface area (Å²) in [6.45, 7) is 0.398. The molecule has 1 aliphatic rings. The number of para-hydroxylation sites is 1. The number of nitrogens with zero attached hydrogens (tertiary/aromatic N) is 3. The lowest BCUT2D eigenvalue weighted by molar-refractivity contribution is 0.356. The van der Waals surface area contributed by atoms with Crippen LogP contribution in [0.2, 0.25) is 0 Å². The number of hydrogen-bond acceptors (Lipinski definition) is 7. The quantitative estimate of drug-likeness (QED) is 0.402. The molecule has 0 aliphatic heterocycles. The number of fused-ring (bicyclic) bond motifs is 3. The van der Waals surface area contributed by atoms with Crippen molar-refractivity contribution < 1.29 is 9.47 Å². The zero-order chi connectivity index (χ0) is 21.4. The van der Waals surface area contributed by atoms with Gasteiger partial charge >= 0.3 is 0 Å². The van der Waals surface area contributed by atoms with E-state index in [1.165, 1.54) is 34.6 Å². The van der Waals surface area contributed by atoms with E-state index in [1.54, 1.807) is 36.5 Å². The molecule has 0 fully saturated rings. The van der Waals surface area contributed by atoms with Crippen LogP contribution in [0.5, 0.6) is 11.5 Å². The van der Waals surface area contributed by atoms with Crippen LogP contribution >= 0.6 is 22.7 Å². The number of rotatable bonds is 5. The molecule has 8 heteroatoms. The molecule has 0 bridgehead atoms. The standard InChI is InChI=1S/C23H23N3O3S2/c1-28-17-9-6-8-16(20(17)29-2)21-25-14(12-30-21)11-26-13-24-22-19(23(26)27)15-7-4-3-5-10-18(15)31-22/h6,8-9,12-13H,3-5,7,10-11H2,1-2H3. The lowest BCUT2D eigenvalue weighted by atomic mass is 10.1. The van der Waals surface area contributed by atoms with E-state index in [0.717, 1.165) is 45.7 Å². The largest absolute Gasteiger partial charge is 0.493 e. The van der Waals surface area contributed by atoms with Crippen LogP contribution < -0.4 is 15.0 Å². The first-order valence-corrected chi connectivity index (χ1v) is 12.0. The number of methoxy groups -OCH3 is 2. The minimum Gasteiger partial charge on any atom is -0.493 e. The van der Waals surface area contributed by atoms with Crippen molar-refractivity contribution in [3.63, 3.8) is 0 Å². The Kier molecular flexibility index (Phi) is 5.50. The zero-order valence-corrected chi connectivity index (χ0v) is 19.1. The summed E-state index contributed by atoms with van der Waals surface area (Å²) in [6, 6.07) is 5.74. The van der Waals surface area contributed by atoms with E-state index in [-0.39, 0.29) is 5.56 Å². The SMILES string of the molecule is COc1cccc(-c2nc(Cn3cnc4sc5c(c4c3=O)CCCCC5)cs2)c1OC. The maximum Gasteiger partial charge on any atom is 0.262 e. The van der Waals surface area contributed by atoms with Crippen LogP contribution in [0.15, 0.2) is 34.7 Å². The Balaban J connectivity index is 1.49. The normalized spacial score (nSPS) is 13.7. The van der Waals surface area contributed by atoms with Crippen LogP contribution in [-0.2, 0) is 19.4 Å². The maximum atomic E-state index is 13.3. The number of thiazole rings is 1. The van der Waals surface area contributed by atoms with Gasteiger partial charge in [-0.2, -0.15) is 0 Å². The van der Waals surface area contributed by atoms with E-state index in [0.29, 0.717) is 18.0 Å². The first kappa shape index (κ1) is 20.2. The van der Waals surface area contributed by atoms with Gasteiger partial charge in [0.05, 0.1) is 43.7 Å². The molecule has 3 heterocycles. The van der Waals surface area contributed by atoms with Crippen LogP contribution in [0, 0.1) is 0 Å². The van der Waals surface area contributed by atoms with Crippen LogP contribution in [0.4, 0.5) is 0 Å². The molecule has 4 aromatic rings. The Morgan fingerprint density at radius 1 is 1.13 bits per heavy atom. The summed E-state index contributed by atoms with van der Waals surface area (Å²) in [7, 11) is 3.25. The topological polar surface area (TPSA) is 66.2 Å². The average molecular weight is 454 g/mol. The Morgan fingerprint density at radius 3 is 2.84 bits per heavy atom. The van der Waals surface area contributed by atoms with Crippen molar-refractivity contribution in [1.82, 2.24) is 14.5 Å². The van der Waals surface area contributed by atoms with Crippen LogP contribution in [0.1, 0.15) is 35.4 Å². The molecule has 5 rings (SSSR count). The van der Waals surface area contributed by atoms with Gasteiger partial charge in [0.1, 0.15) is 9.84 Å². The minimum atomic E-state index is 0.0397. The van der Waals surface area contributed by atoms with E-state index in [9.17, 15) is 4.79 Å². The molecule has 1 aliphatic carbocycles. The van der Waals surface area contributed by atoms with Gasteiger partial charge in [-0.1, -0.05) is 12.5 Å². The Hall–Kier alpha value is -2.71. The van der Waals surface area contributed by atoms with Crippen molar-refractivity contribution in [2.75, 3.05) is 14.2 Å². The van der Waals surface area contributed by atoms with E-state index in [1.807, 2.05) is 23.6 Å². The summed E-state index contributed by atoms with van der Waals surface area (Å²) in [5.74, 6) is 1.33. The first-order valence-electron chi connectivity index (χ1n) is 10.3. The molecule has 160 valence electrons. The fraction of sp³-hybridized carbons (Fsp3) is 0.348. The van der Waals surface area contributed by atoms with Crippen molar-refractivity contribution >= 4 is 32.9 Å². The fourth-order valence-corrected chi connectivity index (χ4v) is 6.26. The number of hydrogen-bond donors (Lipinski definition) is 0. The van der Waals surface area contributed by atoms with Crippen molar-refractivity contribution in [3.8, 4) is 22.1 Å². The molecule has 0 unspecified atom stereocenters. The summed E-state index contributed by atoms with van der Waals surface area (Å²) in [5.41, 5.74) is 2.97. The fourth-order valence-electron chi connectivity index (χ4n) is 4.20. The molecule has 0 amide bonds. The second-order valence-electron chi connectivity index (χ2n) is 7.61. The number of ether oxygens (including phenoxy) is 2. The summed E-state index contributed by atoms with van der Waals surface area (Å²) >= 11 is 3.21. The number of aryl methyl sites for hydroxylation is 2. The molecule has 1 aromatic carbocycles. The van der Waals surface area contributed by atoms with Crippen LogP contribution in [-0.4, -0.2) is 28.8 Å². The molecule has 0 N–H and O–H groups in total. The highest BCUT2D eigenvalue weighted by atomic mass is 32.1. The summed E-state index contributed by atoms with van der Waals surface area (Å²) in [6.07, 6.45) is 7.27. The molecule has 6 nitrogen and oxygen atoms in total. The second-order valence-corrected chi connectivity index (χ2v) is 9.55. The van der Waals surface area contributed by atoms with Gasteiger partial charge in [-0.05, 0) is 43.4 Å². The molecule has 3 aromatic heterocycles. The van der Waals surface area contributed by atoms with E-state index in [2.05, 4.69) is 4.98 Å². The van der Waals surface area contributed by atoms with Gasteiger partial charge in [-0.25, -0.2) is 9.97 Å². The minimum absolute atomic E-state index is 0.0397. The monoisotopic (exact) mass is 453 g/mol. The van der Waals surface area contributed by atoms with Gasteiger partial charge in [-0.15, -0.1) is 22.7 Å². The molecule has 0 atom stereocenters. The van der Waals surface area contributed by atoms with Gasteiger partial charge in [0.25, 0.3) is 5.56 Å². The molecular weight excluding hydrogens is 430 g/mol. The summed E-state index contributed by atoms with van der Waals surface area (Å²) in [5, 5.41) is 3.63. The summed E-state index contributed by atoms with van der Waals surface area (Å²) < 4.78 is 12.6. The van der Waals surface area contributed by atoms with Crippen molar-refractivity contribution in [1.29, 1.82) is 0 Å². The van der Waals surface area contributed by atoms with Gasteiger partial charge in [0, 0.05) is 10.3 Å². The number of benzene rings is 1. The van der Waals surface area contributed by atoms with Crippen molar-refractivity contribution in [2.24, 2.45) is 0 Å². The average Bonchev–Trinajstić information content (AvgIpc) is 3.33. The Bertz CT molecular complexity index is 1310. The molecular formula is C23H23N3O3S2. The van der Waals surface area contributed by atoms with Crippen LogP contribution in [0.25, 0.3) is 20.8 Å². The van der Waals surface area contributed by atoms with Crippen molar-refractivity contribution in [2.45, 2.75) is 38.6 Å². The molecule has 0 saturated carbocycles. The first-order chi connectivity index (χ1) is 15.2. The predicted octanol–water partition coefficient (Wildman–Crippen LogP) is 4.92. The third-order valence-corrected chi connectivity index (χ3v) is 7.83. The Labute approximate surface area is 188 Å². The number of thiophene rings is 1. The highest BCUT2D eigenvalue weighted by molar-refractivity contribution is 7.18. The lowest BCUT2D eigenvalue weighted by Crippen LogP contribution is -2.21. The van der Waals surface area contributed by atoms with Crippen molar-refractivity contribution in [3.05, 3.63) is 56.4 Å². The lowest BCUT2D eigenvalue weighted by Gasteiger charge is -2.10. The third kappa shape index (κ3) is 3.64. The van der Waals surface area contributed by atoms with E-state index in [4.69, 9.17) is 14.5 Å². The molecule has 31 heavy (non-hydrogen) atoms. The smallest absolute Gasteiger partial charge is 0.262 e.